The third-order valence-electron chi connectivity index (χ3n) is 7.16. The summed E-state index contributed by atoms with van der Waals surface area (Å²) in [6.45, 7) is 11.4. The van der Waals surface area contributed by atoms with E-state index in [2.05, 4.69) is 89.2 Å². The summed E-state index contributed by atoms with van der Waals surface area (Å²) in [4.78, 5) is 11.4. The lowest BCUT2D eigenvalue weighted by molar-refractivity contribution is 0.596. The van der Waals surface area contributed by atoms with Gasteiger partial charge in [0, 0.05) is 39.0 Å². The molecule has 1 aliphatic rings. The molecule has 5 aromatic rings. The van der Waals surface area contributed by atoms with Gasteiger partial charge < -0.3 is 0 Å². The highest BCUT2D eigenvalue weighted by Crippen LogP contribution is 2.46. The molecule has 0 saturated heterocycles. The largest absolute Gasteiger partial charge is 0.257 e. The average Bonchev–Trinajstić information content (AvgIpc) is 3.21. The molecule has 3 heterocycles. The van der Waals surface area contributed by atoms with Crippen molar-refractivity contribution in [2.75, 3.05) is 0 Å². The molecule has 0 spiro atoms. The van der Waals surface area contributed by atoms with Crippen molar-refractivity contribution in [2.24, 2.45) is 5.92 Å². The fraction of sp³-hybridized carbons (Fsp3) is 0.312. The maximum absolute atomic E-state index is 5.07. The second-order valence-electron chi connectivity index (χ2n) is 11.3. The molecule has 0 saturated carbocycles. The zero-order valence-corrected chi connectivity index (χ0v) is 22.1. The van der Waals surface area contributed by atoms with E-state index in [1.807, 2.05) is 17.5 Å². The Hall–Kier alpha value is -3.04. The molecule has 176 valence electrons. The number of benzene rings is 2. The number of hydrogen-bond donors (Lipinski definition) is 0. The zero-order valence-electron chi connectivity index (χ0n) is 21.3. The van der Waals surface area contributed by atoms with Gasteiger partial charge in [-0.25, -0.2) is 0 Å². The van der Waals surface area contributed by atoms with Crippen molar-refractivity contribution in [2.45, 2.75) is 59.3 Å². The number of aryl methyl sites for hydroxylation is 2. The fourth-order valence-electron chi connectivity index (χ4n) is 5.53. The van der Waals surface area contributed by atoms with Gasteiger partial charge >= 0.3 is 0 Å². The number of pyridine rings is 2. The Kier molecular flexibility index (Phi) is 5.30. The van der Waals surface area contributed by atoms with E-state index in [9.17, 15) is 0 Å². The van der Waals surface area contributed by atoms with Crippen LogP contribution in [0.5, 0.6) is 0 Å². The number of fused-ring (bicyclic) bond motifs is 6. The van der Waals surface area contributed by atoms with E-state index >= 15 is 0 Å². The zero-order chi connectivity index (χ0) is 24.3. The van der Waals surface area contributed by atoms with Gasteiger partial charge in [0.15, 0.2) is 0 Å². The second kappa shape index (κ2) is 8.27. The molecule has 3 heteroatoms. The monoisotopic (exact) mass is 476 g/mol. The van der Waals surface area contributed by atoms with Crippen LogP contribution >= 0.6 is 11.3 Å². The first-order valence-electron chi connectivity index (χ1n) is 12.7. The molecule has 0 N–H and O–H groups in total. The molecule has 0 unspecified atom stereocenters. The van der Waals surface area contributed by atoms with E-state index < -0.39 is 0 Å². The summed E-state index contributed by atoms with van der Waals surface area (Å²) in [5.74, 6) is 0.623. The second-order valence-corrected chi connectivity index (χ2v) is 12.4. The van der Waals surface area contributed by atoms with Crippen molar-refractivity contribution < 1.29 is 0 Å². The normalized spacial score (nSPS) is 13.4. The fourth-order valence-corrected chi connectivity index (χ4v) is 6.94. The minimum Gasteiger partial charge on any atom is -0.257 e. The van der Waals surface area contributed by atoms with Gasteiger partial charge in [-0.1, -0.05) is 58.9 Å². The Labute approximate surface area is 212 Å². The molecule has 6 rings (SSSR count). The molecule has 3 aromatic heterocycles. The number of hydrogen-bond acceptors (Lipinski definition) is 3. The van der Waals surface area contributed by atoms with Crippen LogP contribution in [0.25, 0.3) is 42.6 Å². The van der Waals surface area contributed by atoms with Crippen LogP contribution in [0.1, 0.15) is 57.1 Å². The topological polar surface area (TPSA) is 25.8 Å². The molecule has 0 atom stereocenters. The van der Waals surface area contributed by atoms with Crippen molar-refractivity contribution in [1.82, 2.24) is 9.97 Å². The molecule has 2 nitrogen and oxygen atoms in total. The van der Waals surface area contributed by atoms with Crippen molar-refractivity contribution in [3.05, 3.63) is 83.3 Å². The highest BCUT2D eigenvalue weighted by molar-refractivity contribution is 7.23. The van der Waals surface area contributed by atoms with E-state index in [1.54, 1.807) is 0 Å². The van der Waals surface area contributed by atoms with Crippen LogP contribution in [0, 0.1) is 5.92 Å². The molecular weight excluding hydrogens is 444 g/mol. The Morgan fingerprint density at radius 3 is 2.57 bits per heavy atom. The first-order valence-corrected chi connectivity index (χ1v) is 13.5. The van der Waals surface area contributed by atoms with E-state index in [-0.39, 0.29) is 5.41 Å². The van der Waals surface area contributed by atoms with Crippen LogP contribution in [-0.4, -0.2) is 9.97 Å². The first-order chi connectivity index (χ1) is 16.8. The predicted molar refractivity (Wildman–Crippen MR) is 150 cm³/mol. The number of nitrogens with zero attached hydrogens (tertiary/aromatic N) is 2. The maximum atomic E-state index is 5.07. The molecule has 0 radical (unpaired) electrons. The first kappa shape index (κ1) is 22.4. The summed E-state index contributed by atoms with van der Waals surface area (Å²) in [7, 11) is 0. The summed E-state index contributed by atoms with van der Waals surface area (Å²) < 4.78 is 1.30. The number of aromatic nitrogens is 2. The Morgan fingerprint density at radius 1 is 0.943 bits per heavy atom. The van der Waals surface area contributed by atoms with E-state index in [0.717, 1.165) is 25.0 Å². The van der Waals surface area contributed by atoms with Gasteiger partial charge in [0.2, 0.25) is 0 Å². The SMILES string of the molecule is CC(C)Cc1ccc2c(n1)CCc1c-2sc2c(-c3cc(C(C)(C)C)c4ccccc4c3)nccc12. The maximum Gasteiger partial charge on any atom is 0.0880 e. The third-order valence-corrected chi connectivity index (χ3v) is 8.44. The number of thiophene rings is 1. The van der Waals surface area contributed by atoms with Crippen molar-refractivity contribution >= 4 is 32.2 Å². The minimum atomic E-state index is 0.0521. The van der Waals surface area contributed by atoms with Gasteiger partial charge in [0.05, 0.1) is 10.4 Å². The predicted octanol–water partition coefficient (Wildman–Crippen LogP) is 8.77. The number of rotatable bonds is 3. The molecule has 35 heavy (non-hydrogen) atoms. The summed E-state index contributed by atoms with van der Waals surface area (Å²) >= 11 is 1.90. The van der Waals surface area contributed by atoms with Crippen LogP contribution in [0.15, 0.2) is 60.8 Å². The van der Waals surface area contributed by atoms with Gasteiger partial charge in [-0.3, -0.25) is 9.97 Å². The van der Waals surface area contributed by atoms with Crippen LogP contribution in [0.4, 0.5) is 0 Å². The highest BCUT2D eigenvalue weighted by atomic mass is 32.1. The smallest absolute Gasteiger partial charge is 0.0880 e. The third kappa shape index (κ3) is 3.87. The molecule has 0 aliphatic heterocycles. The summed E-state index contributed by atoms with van der Waals surface area (Å²) in [6.07, 6.45) is 5.10. The van der Waals surface area contributed by atoms with Gasteiger partial charge in [0.1, 0.15) is 0 Å². The van der Waals surface area contributed by atoms with Gasteiger partial charge in [-0.15, -0.1) is 11.3 Å². The quantitative estimate of drug-likeness (QED) is 0.260. The van der Waals surface area contributed by atoms with E-state index in [4.69, 9.17) is 9.97 Å². The van der Waals surface area contributed by atoms with Gasteiger partial charge in [-0.2, -0.15) is 0 Å². The molecular formula is C32H32N2S. The Balaban J connectivity index is 1.54. The van der Waals surface area contributed by atoms with Crippen LogP contribution in [0.3, 0.4) is 0 Å². The standard InChI is InChI=1S/C32H32N2S/c1-19(2)16-22-10-11-26-28(34-22)13-12-24-25-14-15-33-29(31(25)35-30(24)26)21-17-20-8-6-7-9-23(20)27(18-21)32(3,4)5/h6-11,14-15,17-19H,12-13,16H2,1-5H3. The molecule has 1 aliphatic carbocycles. The highest BCUT2D eigenvalue weighted by Gasteiger charge is 2.25. The molecule has 0 fully saturated rings. The summed E-state index contributed by atoms with van der Waals surface area (Å²) in [5, 5.41) is 3.97. The van der Waals surface area contributed by atoms with Crippen molar-refractivity contribution in [3.63, 3.8) is 0 Å². The minimum absolute atomic E-state index is 0.0521. The Bertz CT molecular complexity index is 1580. The molecule has 2 aromatic carbocycles. The molecule has 0 bridgehead atoms. The average molecular weight is 477 g/mol. The lowest BCUT2D eigenvalue weighted by Gasteiger charge is -2.22. The van der Waals surface area contributed by atoms with Crippen LogP contribution < -0.4 is 0 Å². The van der Waals surface area contributed by atoms with Crippen LogP contribution in [0.2, 0.25) is 0 Å². The lowest BCUT2D eigenvalue weighted by Crippen LogP contribution is -2.12. The summed E-state index contributed by atoms with van der Waals surface area (Å²) in [5.41, 5.74) is 9.01. The van der Waals surface area contributed by atoms with Gasteiger partial charge in [-0.05, 0) is 82.8 Å². The summed E-state index contributed by atoms with van der Waals surface area (Å²) in [6, 6.07) is 20.2. The van der Waals surface area contributed by atoms with E-state index in [1.165, 1.54) is 59.4 Å². The van der Waals surface area contributed by atoms with Crippen molar-refractivity contribution in [1.29, 1.82) is 0 Å². The Morgan fingerprint density at radius 2 is 1.77 bits per heavy atom. The van der Waals surface area contributed by atoms with Crippen molar-refractivity contribution in [3.8, 4) is 21.7 Å². The molecule has 0 amide bonds. The lowest BCUT2D eigenvalue weighted by atomic mass is 9.82. The van der Waals surface area contributed by atoms with E-state index in [0.29, 0.717) is 5.92 Å². The van der Waals surface area contributed by atoms with Gasteiger partial charge in [0.25, 0.3) is 0 Å². The van der Waals surface area contributed by atoms with Crippen LogP contribution in [-0.2, 0) is 24.7 Å².